The topological polar surface area (TPSA) is 84.8 Å². The second kappa shape index (κ2) is 5.96. The molecule has 0 aliphatic carbocycles. The van der Waals surface area contributed by atoms with Crippen molar-refractivity contribution in [2.24, 2.45) is 7.05 Å². The summed E-state index contributed by atoms with van der Waals surface area (Å²) < 4.78 is 6.90. The first kappa shape index (κ1) is 14.8. The second-order valence-corrected chi connectivity index (χ2v) is 5.12. The van der Waals surface area contributed by atoms with E-state index in [-0.39, 0.29) is 5.91 Å². The molecular weight excluding hydrogens is 294 g/mol. The van der Waals surface area contributed by atoms with Crippen LogP contribution in [0.15, 0.2) is 36.5 Å². The molecule has 2 aromatic heterocycles. The predicted octanol–water partition coefficient (Wildman–Crippen LogP) is 2.38. The van der Waals surface area contributed by atoms with Gasteiger partial charge in [0.2, 0.25) is 0 Å². The number of methoxy groups -OCH3 is 1. The first-order chi connectivity index (χ1) is 11.1. The molecule has 0 aliphatic heterocycles. The van der Waals surface area contributed by atoms with Gasteiger partial charge in [0.25, 0.3) is 5.91 Å². The summed E-state index contributed by atoms with van der Waals surface area (Å²) in [6.45, 7) is 1.89. The molecule has 0 unspecified atom stereocenters. The van der Waals surface area contributed by atoms with Gasteiger partial charge in [-0.2, -0.15) is 10.2 Å². The van der Waals surface area contributed by atoms with E-state index in [1.807, 2.05) is 38.2 Å². The molecule has 0 radical (unpaired) electrons. The van der Waals surface area contributed by atoms with E-state index in [0.717, 1.165) is 17.0 Å². The normalized spacial score (nSPS) is 10.6. The van der Waals surface area contributed by atoms with Gasteiger partial charge in [-0.3, -0.25) is 14.6 Å². The third-order valence-electron chi connectivity index (χ3n) is 3.67. The molecule has 23 heavy (non-hydrogen) atoms. The Morgan fingerprint density at radius 2 is 2.17 bits per heavy atom. The molecule has 0 atom stereocenters. The summed E-state index contributed by atoms with van der Waals surface area (Å²) in [5.41, 5.74) is 3.49. The molecule has 2 N–H and O–H groups in total. The van der Waals surface area contributed by atoms with Crippen molar-refractivity contribution in [1.82, 2.24) is 20.0 Å². The molecule has 0 bridgehead atoms. The van der Waals surface area contributed by atoms with Crippen molar-refractivity contribution in [2.45, 2.75) is 6.92 Å². The van der Waals surface area contributed by atoms with E-state index in [4.69, 9.17) is 4.74 Å². The Kier molecular flexibility index (Phi) is 3.84. The zero-order valence-electron chi connectivity index (χ0n) is 13.1. The molecule has 1 aromatic carbocycles. The van der Waals surface area contributed by atoms with Gasteiger partial charge < -0.3 is 10.1 Å². The maximum atomic E-state index is 12.3. The van der Waals surface area contributed by atoms with Gasteiger partial charge in [-0.25, -0.2) is 0 Å². The number of rotatable bonds is 4. The van der Waals surface area contributed by atoms with E-state index in [9.17, 15) is 4.79 Å². The Hall–Kier alpha value is -3.09. The van der Waals surface area contributed by atoms with Crippen LogP contribution >= 0.6 is 0 Å². The standard InChI is InChI=1S/C16H17N5O2/c1-10-15(9-17-21(10)2)18-16(22)14-8-13(19-20-14)11-5-4-6-12(7-11)23-3/h4-9H,1-3H3,(H,18,22)(H,19,20). The van der Waals surface area contributed by atoms with Gasteiger partial charge in [-0.15, -0.1) is 0 Å². The number of nitrogens with zero attached hydrogens (tertiary/aromatic N) is 3. The number of carbonyl (C=O) groups excluding carboxylic acids is 1. The first-order valence-corrected chi connectivity index (χ1v) is 7.08. The van der Waals surface area contributed by atoms with Gasteiger partial charge in [0.15, 0.2) is 0 Å². The van der Waals surface area contributed by atoms with E-state index in [1.54, 1.807) is 24.1 Å². The van der Waals surface area contributed by atoms with Crippen molar-refractivity contribution in [3.05, 3.63) is 47.9 Å². The number of nitrogens with one attached hydrogen (secondary N) is 2. The number of ether oxygens (including phenoxy) is 1. The summed E-state index contributed by atoms with van der Waals surface area (Å²) in [6.07, 6.45) is 1.62. The van der Waals surface area contributed by atoms with Gasteiger partial charge in [-0.1, -0.05) is 12.1 Å². The number of benzene rings is 1. The van der Waals surface area contributed by atoms with Crippen molar-refractivity contribution < 1.29 is 9.53 Å². The highest BCUT2D eigenvalue weighted by Gasteiger charge is 2.14. The maximum Gasteiger partial charge on any atom is 0.273 e. The minimum Gasteiger partial charge on any atom is -0.497 e. The number of aryl methyl sites for hydroxylation is 1. The van der Waals surface area contributed by atoms with Crippen molar-refractivity contribution in [3.63, 3.8) is 0 Å². The Morgan fingerprint density at radius 1 is 1.35 bits per heavy atom. The summed E-state index contributed by atoms with van der Waals surface area (Å²) >= 11 is 0. The molecular formula is C16H17N5O2. The zero-order valence-corrected chi connectivity index (χ0v) is 13.1. The molecule has 7 heteroatoms. The SMILES string of the molecule is COc1cccc(-c2cc(C(=O)Nc3cnn(C)c3C)[nH]n2)c1. The van der Waals surface area contributed by atoms with Crippen LogP contribution in [0, 0.1) is 6.92 Å². The molecule has 0 spiro atoms. The average Bonchev–Trinajstić information content (AvgIpc) is 3.18. The molecule has 0 saturated heterocycles. The van der Waals surface area contributed by atoms with Crippen LogP contribution in [-0.2, 0) is 7.05 Å². The molecule has 0 fully saturated rings. The number of aromatic amines is 1. The van der Waals surface area contributed by atoms with Crippen molar-refractivity contribution in [2.75, 3.05) is 12.4 Å². The number of anilines is 1. The van der Waals surface area contributed by atoms with E-state index in [2.05, 4.69) is 20.6 Å². The summed E-state index contributed by atoms with van der Waals surface area (Å²) in [5.74, 6) is 0.477. The van der Waals surface area contributed by atoms with Crippen molar-refractivity contribution >= 4 is 11.6 Å². The number of carbonyl (C=O) groups is 1. The van der Waals surface area contributed by atoms with E-state index < -0.39 is 0 Å². The summed E-state index contributed by atoms with van der Waals surface area (Å²) in [6, 6.07) is 9.21. The third-order valence-corrected chi connectivity index (χ3v) is 3.67. The average molecular weight is 311 g/mol. The van der Waals surface area contributed by atoms with Crippen LogP contribution in [0.5, 0.6) is 5.75 Å². The first-order valence-electron chi connectivity index (χ1n) is 7.08. The molecule has 7 nitrogen and oxygen atoms in total. The Labute approximate surface area is 133 Å². The highest BCUT2D eigenvalue weighted by atomic mass is 16.5. The lowest BCUT2D eigenvalue weighted by Crippen LogP contribution is -2.12. The largest absolute Gasteiger partial charge is 0.497 e. The number of H-pyrrole nitrogens is 1. The molecule has 2 heterocycles. The smallest absolute Gasteiger partial charge is 0.273 e. The van der Waals surface area contributed by atoms with Gasteiger partial charge in [0, 0.05) is 12.6 Å². The third kappa shape index (κ3) is 2.94. The number of hydrogen-bond acceptors (Lipinski definition) is 4. The molecule has 0 saturated carbocycles. The van der Waals surface area contributed by atoms with Crippen LogP contribution in [0.2, 0.25) is 0 Å². The van der Waals surface area contributed by atoms with Crippen LogP contribution < -0.4 is 10.1 Å². The maximum absolute atomic E-state index is 12.3. The highest BCUT2D eigenvalue weighted by Crippen LogP contribution is 2.23. The Morgan fingerprint density at radius 3 is 2.87 bits per heavy atom. The highest BCUT2D eigenvalue weighted by molar-refractivity contribution is 6.03. The number of aromatic nitrogens is 4. The van der Waals surface area contributed by atoms with Crippen LogP contribution in [0.3, 0.4) is 0 Å². The Bertz CT molecular complexity index is 850. The van der Waals surface area contributed by atoms with Gasteiger partial charge >= 0.3 is 0 Å². The molecule has 3 rings (SSSR count). The fraction of sp³-hybridized carbons (Fsp3) is 0.188. The molecule has 118 valence electrons. The van der Waals surface area contributed by atoms with Crippen LogP contribution in [-0.4, -0.2) is 33.0 Å². The fourth-order valence-electron chi connectivity index (χ4n) is 2.18. The minimum absolute atomic E-state index is 0.261. The van der Waals surface area contributed by atoms with Gasteiger partial charge in [0.05, 0.1) is 30.4 Å². The molecule has 1 amide bonds. The Balaban J connectivity index is 1.81. The fourth-order valence-corrected chi connectivity index (χ4v) is 2.18. The van der Waals surface area contributed by atoms with Gasteiger partial charge in [-0.05, 0) is 25.1 Å². The lowest BCUT2D eigenvalue weighted by molar-refractivity contribution is 0.102. The van der Waals surface area contributed by atoms with Crippen LogP contribution in [0.4, 0.5) is 5.69 Å². The van der Waals surface area contributed by atoms with E-state index >= 15 is 0 Å². The monoisotopic (exact) mass is 311 g/mol. The van der Waals surface area contributed by atoms with Crippen LogP contribution in [0.25, 0.3) is 11.3 Å². The minimum atomic E-state index is -0.261. The summed E-state index contributed by atoms with van der Waals surface area (Å²) in [7, 11) is 3.43. The van der Waals surface area contributed by atoms with E-state index in [0.29, 0.717) is 17.1 Å². The molecule has 0 aliphatic rings. The second-order valence-electron chi connectivity index (χ2n) is 5.12. The van der Waals surface area contributed by atoms with Gasteiger partial charge in [0.1, 0.15) is 11.4 Å². The number of amides is 1. The van der Waals surface area contributed by atoms with Crippen LogP contribution in [0.1, 0.15) is 16.2 Å². The summed E-state index contributed by atoms with van der Waals surface area (Å²) in [4.78, 5) is 12.3. The number of hydrogen-bond donors (Lipinski definition) is 2. The molecule has 3 aromatic rings. The summed E-state index contributed by atoms with van der Waals surface area (Å²) in [5, 5.41) is 13.9. The van der Waals surface area contributed by atoms with Crippen molar-refractivity contribution in [1.29, 1.82) is 0 Å². The van der Waals surface area contributed by atoms with Crippen molar-refractivity contribution in [3.8, 4) is 17.0 Å². The van der Waals surface area contributed by atoms with E-state index in [1.165, 1.54) is 0 Å². The predicted molar refractivity (Wildman–Crippen MR) is 86.5 cm³/mol. The lowest BCUT2D eigenvalue weighted by Gasteiger charge is -2.02. The lowest BCUT2D eigenvalue weighted by atomic mass is 10.1. The quantitative estimate of drug-likeness (QED) is 0.774. The zero-order chi connectivity index (χ0) is 16.4.